The predicted molar refractivity (Wildman–Crippen MR) is 98.5 cm³/mol. The number of aryl methyl sites for hydroxylation is 2. The van der Waals surface area contributed by atoms with E-state index >= 15 is 0 Å². The number of halogens is 5. The highest BCUT2D eigenvalue weighted by Crippen LogP contribution is 2.48. The van der Waals surface area contributed by atoms with Gasteiger partial charge in [-0.3, -0.25) is 0 Å². The lowest BCUT2D eigenvalue weighted by atomic mass is 10.1. The van der Waals surface area contributed by atoms with Gasteiger partial charge < -0.3 is 9.47 Å². The molecule has 128 valence electrons. The standard InChI is InChI=1S/C16H11Cl5O3/c1-7-4-3-5-8(2)15(7)24-9(22)6-23-16-13(20)11(18)10(17)12(19)14(16)21/h3-5H,6H2,1-2H3. The van der Waals surface area contributed by atoms with Gasteiger partial charge >= 0.3 is 5.97 Å². The largest absolute Gasteiger partial charge is 0.479 e. The molecule has 0 spiro atoms. The molecule has 0 heterocycles. The smallest absolute Gasteiger partial charge is 0.349 e. The Labute approximate surface area is 164 Å². The molecule has 2 aromatic carbocycles. The molecule has 0 saturated carbocycles. The molecule has 0 aromatic heterocycles. The molecule has 0 unspecified atom stereocenters. The number of benzene rings is 2. The maximum Gasteiger partial charge on any atom is 0.349 e. The van der Waals surface area contributed by atoms with Crippen LogP contribution in [0.15, 0.2) is 18.2 Å². The molecule has 0 aliphatic heterocycles. The monoisotopic (exact) mass is 426 g/mol. The third-order valence-electron chi connectivity index (χ3n) is 3.13. The number of esters is 1. The number of rotatable bonds is 4. The van der Waals surface area contributed by atoms with Gasteiger partial charge in [0.25, 0.3) is 0 Å². The van der Waals surface area contributed by atoms with Crippen molar-refractivity contribution < 1.29 is 14.3 Å². The Balaban J connectivity index is 2.16. The van der Waals surface area contributed by atoms with E-state index in [2.05, 4.69) is 0 Å². The second kappa shape index (κ2) is 8.03. The van der Waals surface area contributed by atoms with Crippen molar-refractivity contribution in [3.8, 4) is 11.5 Å². The van der Waals surface area contributed by atoms with Crippen molar-refractivity contribution in [2.45, 2.75) is 13.8 Å². The van der Waals surface area contributed by atoms with Crippen molar-refractivity contribution in [1.29, 1.82) is 0 Å². The molecule has 0 radical (unpaired) electrons. The molecular weight excluding hydrogens is 417 g/mol. The fraction of sp³-hybridized carbons (Fsp3) is 0.188. The van der Waals surface area contributed by atoms with Crippen LogP contribution in [-0.2, 0) is 4.79 Å². The molecule has 8 heteroatoms. The van der Waals surface area contributed by atoms with Crippen molar-refractivity contribution in [2.24, 2.45) is 0 Å². The number of carbonyl (C=O) groups excluding carboxylic acids is 1. The van der Waals surface area contributed by atoms with E-state index in [-0.39, 0.29) is 30.9 Å². The van der Waals surface area contributed by atoms with E-state index < -0.39 is 12.6 Å². The van der Waals surface area contributed by atoms with Crippen LogP contribution in [0.1, 0.15) is 11.1 Å². The van der Waals surface area contributed by atoms with Crippen LogP contribution in [0.5, 0.6) is 11.5 Å². The van der Waals surface area contributed by atoms with Gasteiger partial charge in [0.15, 0.2) is 12.4 Å². The van der Waals surface area contributed by atoms with Crippen LogP contribution in [0.3, 0.4) is 0 Å². The molecular formula is C16H11Cl5O3. The number of carbonyl (C=O) groups is 1. The van der Waals surface area contributed by atoms with E-state index in [1.165, 1.54) is 0 Å². The molecule has 2 rings (SSSR count). The van der Waals surface area contributed by atoms with Gasteiger partial charge in [-0.25, -0.2) is 4.79 Å². The molecule has 3 nitrogen and oxygen atoms in total. The Kier molecular flexibility index (Phi) is 6.52. The minimum atomic E-state index is -0.623. The minimum absolute atomic E-state index is 0.00847. The van der Waals surface area contributed by atoms with Crippen molar-refractivity contribution >= 4 is 64.0 Å². The Bertz CT molecular complexity index is 756. The molecule has 0 N–H and O–H groups in total. The summed E-state index contributed by atoms with van der Waals surface area (Å²) in [7, 11) is 0. The van der Waals surface area contributed by atoms with Crippen LogP contribution in [0.4, 0.5) is 0 Å². The molecule has 0 aliphatic rings. The zero-order valence-corrected chi connectivity index (χ0v) is 16.3. The first-order valence-corrected chi connectivity index (χ1v) is 8.54. The molecule has 0 amide bonds. The summed E-state index contributed by atoms with van der Waals surface area (Å²) in [4.78, 5) is 12.0. The Hall–Kier alpha value is -0.840. The third kappa shape index (κ3) is 4.04. The van der Waals surface area contributed by atoms with E-state index in [0.29, 0.717) is 5.75 Å². The zero-order chi connectivity index (χ0) is 18.0. The summed E-state index contributed by atoms with van der Waals surface area (Å²) < 4.78 is 10.7. The highest BCUT2D eigenvalue weighted by atomic mass is 35.5. The summed E-state index contributed by atoms with van der Waals surface area (Å²) in [5.74, 6) is -0.173. The van der Waals surface area contributed by atoms with Crippen molar-refractivity contribution in [3.05, 3.63) is 54.4 Å². The third-order valence-corrected chi connectivity index (χ3v) is 5.37. The summed E-state index contributed by atoms with van der Waals surface area (Å²) in [6.45, 7) is 3.24. The molecule has 0 bridgehead atoms. The molecule has 0 fully saturated rings. The molecule has 24 heavy (non-hydrogen) atoms. The van der Waals surface area contributed by atoms with E-state index in [9.17, 15) is 4.79 Å². The Morgan fingerprint density at radius 2 is 1.29 bits per heavy atom. The normalized spacial score (nSPS) is 10.6. The van der Waals surface area contributed by atoms with Crippen LogP contribution in [0.25, 0.3) is 0 Å². The topological polar surface area (TPSA) is 35.5 Å². The fourth-order valence-electron chi connectivity index (χ4n) is 1.95. The van der Waals surface area contributed by atoms with Crippen molar-refractivity contribution in [1.82, 2.24) is 0 Å². The van der Waals surface area contributed by atoms with Gasteiger partial charge in [-0.2, -0.15) is 0 Å². The Morgan fingerprint density at radius 1 is 0.833 bits per heavy atom. The van der Waals surface area contributed by atoms with Gasteiger partial charge in [0, 0.05) is 0 Å². The lowest BCUT2D eigenvalue weighted by molar-refractivity contribution is -0.136. The summed E-state index contributed by atoms with van der Waals surface area (Å²) in [5, 5.41) is -0.0672. The van der Waals surface area contributed by atoms with Gasteiger partial charge in [-0.15, -0.1) is 0 Å². The predicted octanol–water partition coefficient (Wildman–Crippen LogP) is 6.55. The van der Waals surface area contributed by atoms with E-state index in [1.54, 1.807) is 0 Å². The number of hydrogen-bond acceptors (Lipinski definition) is 3. The average Bonchev–Trinajstić information content (AvgIpc) is 2.54. The Morgan fingerprint density at radius 3 is 1.79 bits per heavy atom. The number of ether oxygens (including phenoxy) is 2. The number of para-hydroxylation sites is 1. The lowest BCUT2D eigenvalue weighted by Gasteiger charge is -2.14. The summed E-state index contributed by atoms with van der Waals surface area (Å²) in [5.41, 5.74) is 1.66. The van der Waals surface area contributed by atoms with Gasteiger partial charge in [-0.05, 0) is 25.0 Å². The average molecular weight is 429 g/mol. The molecule has 2 aromatic rings. The molecule has 0 saturated heterocycles. The zero-order valence-electron chi connectivity index (χ0n) is 12.6. The van der Waals surface area contributed by atoms with Gasteiger partial charge in [-0.1, -0.05) is 76.2 Å². The summed E-state index contributed by atoms with van der Waals surface area (Å²) in [6, 6.07) is 5.54. The maximum absolute atomic E-state index is 12.0. The highest BCUT2D eigenvalue weighted by molar-refractivity contribution is 6.55. The summed E-state index contributed by atoms with van der Waals surface area (Å²) >= 11 is 29.8. The van der Waals surface area contributed by atoms with Crippen LogP contribution in [-0.4, -0.2) is 12.6 Å². The van der Waals surface area contributed by atoms with E-state index in [0.717, 1.165) is 11.1 Å². The maximum atomic E-state index is 12.0. The second-order valence-electron chi connectivity index (χ2n) is 4.88. The summed E-state index contributed by atoms with van der Waals surface area (Å²) in [6.07, 6.45) is 0. The highest BCUT2D eigenvalue weighted by Gasteiger charge is 2.21. The van der Waals surface area contributed by atoms with Gasteiger partial charge in [0.1, 0.15) is 15.8 Å². The van der Waals surface area contributed by atoms with Crippen LogP contribution in [0, 0.1) is 13.8 Å². The SMILES string of the molecule is Cc1cccc(C)c1OC(=O)COc1c(Cl)c(Cl)c(Cl)c(Cl)c1Cl. The first-order valence-electron chi connectivity index (χ1n) is 6.65. The first kappa shape index (κ1) is 19.5. The minimum Gasteiger partial charge on any atom is -0.479 e. The van der Waals surface area contributed by atoms with Gasteiger partial charge in [0.2, 0.25) is 0 Å². The van der Waals surface area contributed by atoms with Crippen molar-refractivity contribution in [3.63, 3.8) is 0 Å². The van der Waals surface area contributed by atoms with Crippen molar-refractivity contribution in [2.75, 3.05) is 6.61 Å². The lowest BCUT2D eigenvalue weighted by Crippen LogP contribution is -2.19. The fourth-order valence-corrected chi connectivity index (χ4v) is 3.18. The quantitative estimate of drug-likeness (QED) is 0.240. The molecule has 0 aliphatic carbocycles. The van der Waals surface area contributed by atoms with Crippen LogP contribution in [0.2, 0.25) is 25.1 Å². The van der Waals surface area contributed by atoms with Gasteiger partial charge in [0.05, 0.1) is 15.1 Å². The van der Waals surface area contributed by atoms with E-state index in [1.807, 2.05) is 32.0 Å². The van der Waals surface area contributed by atoms with Crippen LogP contribution >= 0.6 is 58.0 Å². The number of hydrogen-bond donors (Lipinski definition) is 0. The second-order valence-corrected chi connectivity index (χ2v) is 6.77. The molecule has 0 atom stereocenters. The first-order chi connectivity index (χ1) is 11.2. The van der Waals surface area contributed by atoms with E-state index in [4.69, 9.17) is 67.5 Å². The van der Waals surface area contributed by atoms with Crippen LogP contribution < -0.4 is 9.47 Å².